The van der Waals surface area contributed by atoms with Gasteiger partial charge in [0, 0.05) is 24.7 Å². The van der Waals surface area contributed by atoms with Gasteiger partial charge < -0.3 is 15.8 Å². The number of aromatic nitrogens is 2. The Balaban J connectivity index is 2.44. The molecule has 0 aliphatic heterocycles. The van der Waals surface area contributed by atoms with E-state index < -0.39 is 12.0 Å². The number of aliphatic carboxylic acids is 1. The number of carbonyl (C=O) groups is 2. The summed E-state index contributed by atoms with van der Waals surface area (Å²) in [6.07, 6.45) is 3.54. The van der Waals surface area contributed by atoms with Gasteiger partial charge in [-0.3, -0.25) is 14.9 Å². The number of nitrogens with one attached hydrogen (secondary N) is 2. The van der Waals surface area contributed by atoms with E-state index in [9.17, 15) is 9.59 Å². The Labute approximate surface area is 98.4 Å². The molecule has 0 saturated heterocycles. The van der Waals surface area contributed by atoms with E-state index in [1.165, 1.54) is 6.33 Å². The Morgan fingerprint density at radius 1 is 1.59 bits per heavy atom. The number of aromatic amines is 1. The second kappa shape index (κ2) is 6.77. The zero-order valence-corrected chi connectivity index (χ0v) is 9.35. The first-order chi connectivity index (χ1) is 8.13. The molecule has 1 rings (SSSR count). The van der Waals surface area contributed by atoms with Crippen LogP contribution in [0.3, 0.4) is 0 Å². The second-order valence-corrected chi connectivity index (χ2v) is 3.63. The van der Waals surface area contributed by atoms with E-state index in [0.29, 0.717) is 5.69 Å². The van der Waals surface area contributed by atoms with Crippen LogP contribution in [0.25, 0.3) is 0 Å². The minimum Gasteiger partial charge on any atom is -0.480 e. The molecular weight excluding hydrogens is 224 g/mol. The van der Waals surface area contributed by atoms with E-state index in [1.807, 2.05) is 0 Å². The fourth-order valence-electron chi connectivity index (χ4n) is 1.35. The molecule has 1 aromatic rings. The van der Waals surface area contributed by atoms with Gasteiger partial charge in [-0.15, -0.1) is 0 Å². The van der Waals surface area contributed by atoms with Crippen LogP contribution < -0.4 is 11.1 Å². The van der Waals surface area contributed by atoms with Gasteiger partial charge in [-0.25, -0.2) is 4.98 Å². The molecule has 0 aliphatic carbocycles. The molecule has 0 aromatic carbocycles. The molecule has 0 unspecified atom stereocenters. The van der Waals surface area contributed by atoms with Crippen molar-refractivity contribution in [3.05, 3.63) is 18.2 Å². The largest absolute Gasteiger partial charge is 0.480 e. The van der Waals surface area contributed by atoms with Gasteiger partial charge in [-0.05, 0) is 6.54 Å². The number of imidazole rings is 1. The van der Waals surface area contributed by atoms with E-state index in [1.54, 1.807) is 6.20 Å². The summed E-state index contributed by atoms with van der Waals surface area (Å²) in [5.74, 6) is -1.09. The molecule has 7 heteroatoms. The van der Waals surface area contributed by atoms with Crippen molar-refractivity contribution < 1.29 is 14.7 Å². The number of nitrogens with zero attached hydrogens (tertiary/aromatic N) is 1. The van der Waals surface area contributed by atoms with E-state index in [-0.39, 0.29) is 31.7 Å². The van der Waals surface area contributed by atoms with Crippen LogP contribution in [0, 0.1) is 0 Å². The maximum atomic E-state index is 11.2. The van der Waals surface area contributed by atoms with E-state index >= 15 is 0 Å². The third-order valence-electron chi connectivity index (χ3n) is 2.25. The van der Waals surface area contributed by atoms with Crippen molar-refractivity contribution in [2.24, 2.45) is 5.73 Å². The van der Waals surface area contributed by atoms with Crippen LogP contribution in [-0.2, 0) is 16.0 Å². The van der Waals surface area contributed by atoms with Crippen LogP contribution in [0.5, 0.6) is 0 Å². The lowest BCUT2D eigenvalue weighted by molar-refractivity contribution is -0.139. The number of hydrogen-bond donors (Lipinski definition) is 4. The van der Waals surface area contributed by atoms with E-state index in [0.717, 1.165) is 0 Å². The van der Waals surface area contributed by atoms with Gasteiger partial charge >= 0.3 is 5.97 Å². The summed E-state index contributed by atoms with van der Waals surface area (Å²) in [5, 5.41) is 11.7. The van der Waals surface area contributed by atoms with E-state index in [4.69, 9.17) is 10.8 Å². The SMILES string of the molecule is NCCC(=O)CN[C@@H](Cc1cnc[nH]1)C(=O)O. The van der Waals surface area contributed by atoms with E-state index in [2.05, 4.69) is 15.3 Å². The Morgan fingerprint density at radius 2 is 2.35 bits per heavy atom. The number of carboxylic acids is 1. The highest BCUT2D eigenvalue weighted by Gasteiger charge is 2.18. The number of nitrogens with two attached hydrogens (primary N) is 1. The number of carboxylic acid groups (broad SMARTS) is 1. The molecule has 0 spiro atoms. The molecule has 1 heterocycles. The molecule has 0 fully saturated rings. The average molecular weight is 240 g/mol. The topological polar surface area (TPSA) is 121 Å². The van der Waals surface area contributed by atoms with Crippen molar-refractivity contribution in [3.8, 4) is 0 Å². The molecule has 0 bridgehead atoms. The van der Waals surface area contributed by atoms with Crippen LogP contribution in [0.4, 0.5) is 0 Å². The first-order valence-corrected chi connectivity index (χ1v) is 5.28. The maximum Gasteiger partial charge on any atom is 0.321 e. The highest BCUT2D eigenvalue weighted by molar-refractivity contribution is 5.82. The summed E-state index contributed by atoms with van der Waals surface area (Å²) in [6.45, 7) is 0.293. The molecule has 0 aliphatic rings. The molecule has 0 radical (unpaired) electrons. The van der Waals surface area contributed by atoms with Crippen molar-refractivity contribution in [2.45, 2.75) is 18.9 Å². The highest BCUT2D eigenvalue weighted by atomic mass is 16.4. The second-order valence-electron chi connectivity index (χ2n) is 3.63. The van der Waals surface area contributed by atoms with Gasteiger partial charge in [0.2, 0.25) is 0 Å². The third-order valence-corrected chi connectivity index (χ3v) is 2.25. The fraction of sp³-hybridized carbons (Fsp3) is 0.500. The fourth-order valence-corrected chi connectivity index (χ4v) is 1.35. The minimum atomic E-state index is -1.000. The molecule has 17 heavy (non-hydrogen) atoms. The maximum absolute atomic E-state index is 11.2. The predicted octanol–water partition coefficient (Wildman–Crippen LogP) is -1.09. The average Bonchev–Trinajstić information content (AvgIpc) is 2.76. The van der Waals surface area contributed by atoms with Gasteiger partial charge in [-0.2, -0.15) is 0 Å². The Kier molecular flexibility index (Phi) is 5.31. The van der Waals surface area contributed by atoms with Gasteiger partial charge in [0.05, 0.1) is 12.9 Å². The lowest BCUT2D eigenvalue weighted by Crippen LogP contribution is -2.41. The summed E-state index contributed by atoms with van der Waals surface area (Å²) < 4.78 is 0. The lowest BCUT2D eigenvalue weighted by atomic mass is 10.1. The smallest absolute Gasteiger partial charge is 0.321 e. The van der Waals surface area contributed by atoms with Crippen LogP contribution >= 0.6 is 0 Å². The molecule has 0 saturated carbocycles. The van der Waals surface area contributed by atoms with Crippen molar-refractivity contribution in [3.63, 3.8) is 0 Å². The third kappa shape index (κ3) is 4.75. The summed E-state index contributed by atoms with van der Waals surface area (Å²) in [5.41, 5.74) is 5.93. The van der Waals surface area contributed by atoms with Gasteiger partial charge in [-0.1, -0.05) is 0 Å². The Morgan fingerprint density at radius 3 is 2.88 bits per heavy atom. The summed E-state index contributed by atoms with van der Waals surface area (Å²) >= 11 is 0. The minimum absolute atomic E-state index is 0.0162. The van der Waals surface area contributed by atoms with Crippen molar-refractivity contribution in [1.29, 1.82) is 0 Å². The number of H-pyrrole nitrogens is 1. The molecule has 5 N–H and O–H groups in total. The first kappa shape index (κ1) is 13.3. The van der Waals surface area contributed by atoms with Crippen LogP contribution in [0.15, 0.2) is 12.5 Å². The molecule has 0 amide bonds. The van der Waals surface area contributed by atoms with Crippen molar-refractivity contribution >= 4 is 11.8 Å². The molecule has 7 nitrogen and oxygen atoms in total. The Bertz CT molecular complexity index is 364. The zero-order chi connectivity index (χ0) is 12.7. The van der Waals surface area contributed by atoms with Gasteiger partial charge in [0.25, 0.3) is 0 Å². The number of Topliss-reactive ketones (excluding diaryl/α,β-unsaturated/α-hetero) is 1. The molecule has 1 aromatic heterocycles. The number of ketones is 1. The summed E-state index contributed by atoms with van der Waals surface area (Å²) in [6, 6.07) is -0.808. The Hall–Kier alpha value is -1.73. The van der Waals surface area contributed by atoms with Crippen LogP contribution in [0.1, 0.15) is 12.1 Å². The normalized spacial score (nSPS) is 12.3. The number of carbonyl (C=O) groups excluding carboxylic acids is 1. The first-order valence-electron chi connectivity index (χ1n) is 5.28. The molecule has 94 valence electrons. The standard InChI is InChI=1S/C10H16N4O3/c11-2-1-8(15)5-13-9(10(16)17)3-7-4-12-6-14-7/h4,6,9,13H,1-3,5,11H2,(H,12,14)(H,16,17)/t9-/m0/s1. The number of hydrogen-bond acceptors (Lipinski definition) is 5. The predicted molar refractivity (Wildman–Crippen MR) is 60.4 cm³/mol. The van der Waals surface area contributed by atoms with Crippen molar-refractivity contribution in [2.75, 3.05) is 13.1 Å². The summed E-state index contributed by atoms with van der Waals surface area (Å²) in [4.78, 5) is 28.8. The quantitative estimate of drug-likeness (QED) is 0.458. The van der Waals surface area contributed by atoms with Gasteiger partial charge in [0.1, 0.15) is 11.8 Å². The molecular formula is C10H16N4O3. The van der Waals surface area contributed by atoms with Crippen molar-refractivity contribution in [1.82, 2.24) is 15.3 Å². The summed E-state index contributed by atoms with van der Waals surface area (Å²) in [7, 11) is 0. The lowest BCUT2D eigenvalue weighted by Gasteiger charge is -2.12. The molecule has 1 atom stereocenters. The zero-order valence-electron chi connectivity index (χ0n) is 9.35. The van der Waals surface area contributed by atoms with Crippen LogP contribution in [0.2, 0.25) is 0 Å². The van der Waals surface area contributed by atoms with Gasteiger partial charge in [0.15, 0.2) is 0 Å². The highest BCUT2D eigenvalue weighted by Crippen LogP contribution is 1.98. The monoisotopic (exact) mass is 240 g/mol. The van der Waals surface area contributed by atoms with Crippen LogP contribution in [-0.4, -0.2) is 46.0 Å². The number of rotatable bonds is 8.